The Morgan fingerprint density at radius 1 is 1.55 bits per heavy atom. The van der Waals surface area contributed by atoms with E-state index in [9.17, 15) is 4.39 Å². The highest BCUT2D eigenvalue weighted by Crippen LogP contribution is 2.28. The van der Waals surface area contributed by atoms with Gasteiger partial charge >= 0.3 is 0 Å². The van der Waals surface area contributed by atoms with Crippen molar-refractivity contribution < 1.29 is 4.39 Å². The third-order valence-electron chi connectivity index (χ3n) is 1.89. The highest BCUT2D eigenvalue weighted by Gasteiger charge is 2.27. The molecular weight excluding hydrogens is 229 g/mol. The van der Waals surface area contributed by atoms with Gasteiger partial charge in [0.05, 0.1) is 11.2 Å². The molecule has 1 fully saturated rings. The smallest absolute Gasteiger partial charge is 0.101 e. The predicted molar refractivity (Wildman–Crippen MR) is 50.3 cm³/mol. The summed E-state index contributed by atoms with van der Waals surface area (Å²) in [5.74, 6) is 0. The van der Waals surface area contributed by atoms with Crippen LogP contribution in [0.1, 0.15) is 19.3 Å². The summed E-state index contributed by atoms with van der Waals surface area (Å²) >= 11 is 7.86. The highest BCUT2D eigenvalue weighted by atomic mass is 79.9. The molecule has 0 amide bonds. The van der Waals surface area contributed by atoms with E-state index in [0.29, 0.717) is 12.8 Å². The van der Waals surface area contributed by atoms with Crippen LogP contribution in [0.25, 0.3) is 0 Å². The molecule has 1 nitrogen and oxygen atoms in total. The third kappa shape index (κ3) is 2.62. The minimum absolute atomic E-state index is 0.138. The molecule has 0 spiro atoms. The first kappa shape index (κ1) is 9.30. The van der Waals surface area contributed by atoms with Gasteiger partial charge in [0.25, 0.3) is 0 Å². The number of nitrogens with zero attached hydrogens (tertiary/aromatic N) is 1. The summed E-state index contributed by atoms with van der Waals surface area (Å²) < 4.78 is 12.7. The zero-order valence-electron chi connectivity index (χ0n) is 5.96. The summed E-state index contributed by atoms with van der Waals surface area (Å²) in [6, 6.07) is 0.138. The Labute approximate surface area is 79.2 Å². The number of hydrogen-bond donors (Lipinski definition) is 0. The van der Waals surface area contributed by atoms with Crippen molar-refractivity contribution in [1.29, 1.82) is 0 Å². The fourth-order valence-electron chi connectivity index (χ4n) is 1.26. The maximum absolute atomic E-state index is 12.7. The second kappa shape index (κ2) is 4.29. The normalized spacial score (nSPS) is 37.8. The van der Waals surface area contributed by atoms with Gasteiger partial charge in [-0.05, 0) is 31.5 Å². The predicted octanol–water partition coefficient (Wildman–Crippen LogP) is 2.74. The minimum Gasteiger partial charge on any atom is -0.247 e. The SMILES string of the molecule is FC1CCC(N=C=S)C(Br)C1. The van der Waals surface area contributed by atoms with E-state index in [2.05, 4.69) is 38.3 Å². The summed E-state index contributed by atoms with van der Waals surface area (Å²) in [4.78, 5) is 4.09. The van der Waals surface area contributed by atoms with Crippen LogP contribution in [-0.2, 0) is 0 Å². The number of aliphatic imine (C=N–C) groups is 1. The van der Waals surface area contributed by atoms with E-state index >= 15 is 0 Å². The van der Waals surface area contributed by atoms with Crippen molar-refractivity contribution in [2.75, 3.05) is 0 Å². The average Bonchev–Trinajstić information content (AvgIpc) is 1.95. The topological polar surface area (TPSA) is 12.4 Å². The zero-order valence-corrected chi connectivity index (χ0v) is 8.37. The third-order valence-corrected chi connectivity index (χ3v) is 2.98. The highest BCUT2D eigenvalue weighted by molar-refractivity contribution is 9.09. The Bertz CT molecular complexity index is 181. The maximum atomic E-state index is 12.7. The van der Waals surface area contributed by atoms with Gasteiger partial charge in [-0.3, -0.25) is 0 Å². The summed E-state index contributed by atoms with van der Waals surface area (Å²) in [7, 11) is 0. The van der Waals surface area contributed by atoms with Gasteiger partial charge in [-0.15, -0.1) is 0 Å². The van der Waals surface area contributed by atoms with Gasteiger partial charge in [0.15, 0.2) is 0 Å². The van der Waals surface area contributed by atoms with Gasteiger partial charge in [-0.2, -0.15) is 0 Å². The lowest BCUT2D eigenvalue weighted by Gasteiger charge is -2.25. The van der Waals surface area contributed by atoms with Crippen LogP contribution in [0.4, 0.5) is 4.39 Å². The van der Waals surface area contributed by atoms with Crippen molar-refractivity contribution in [3.8, 4) is 0 Å². The molecule has 4 heteroatoms. The Morgan fingerprint density at radius 3 is 2.82 bits per heavy atom. The average molecular weight is 238 g/mol. The van der Waals surface area contributed by atoms with Crippen LogP contribution in [0.15, 0.2) is 4.99 Å². The van der Waals surface area contributed by atoms with Gasteiger partial charge < -0.3 is 0 Å². The fourth-order valence-corrected chi connectivity index (χ4v) is 2.19. The zero-order chi connectivity index (χ0) is 8.27. The molecule has 0 aromatic rings. The molecule has 0 N–H and O–H groups in total. The first-order valence-electron chi connectivity index (χ1n) is 3.59. The number of rotatable bonds is 1. The summed E-state index contributed by atoms with van der Waals surface area (Å²) in [6.07, 6.45) is 1.26. The van der Waals surface area contributed by atoms with Crippen LogP contribution < -0.4 is 0 Å². The molecule has 0 aliphatic heterocycles. The second-order valence-electron chi connectivity index (χ2n) is 2.71. The number of alkyl halides is 2. The van der Waals surface area contributed by atoms with Crippen molar-refractivity contribution in [2.24, 2.45) is 4.99 Å². The molecule has 3 unspecified atom stereocenters. The first-order valence-corrected chi connectivity index (χ1v) is 4.91. The molecule has 0 saturated heterocycles. The van der Waals surface area contributed by atoms with Crippen molar-refractivity contribution >= 4 is 33.3 Å². The van der Waals surface area contributed by atoms with E-state index in [1.165, 1.54) is 0 Å². The fraction of sp³-hybridized carbons (Fsp3) is 0.857. The van der Waals surface area contributed by atoms with Gasteiger partial charge in [0.1, 0.15) is 6.17 Å². The van der Waals surface area contributed by atoms with Crippen LogP contribution in [0, 0.1) is 0 Å². The molecule has 1 rings (SSSR count). The van der Waals surface area contributed by atoms with E-state index < -0.39 is 6.17 Å². The molecule has 0 heterocycles. The summed E-state index contributed by atoms with van der Waals surface area (Å²) in [5, 5.41) is 2.34. The van der Waals surface area contributed by atoms with E-state index in [-0.39, 0.29) is 10.9 Å². The van der Waals surface area contributed by atoms with Gasteiger partial charge in [0.2, 0.25) is 0 Å². The van der Waals surface area contributed by atoms with Crippen molar-refractivity contribution in [3.05, 3.63) is 0 Å². The van der Waals surface area contributed by atoms with E-state index in [1.807, 2.05) is 0 Å². The van der Waals surface area contributed by atoms with Crippen LogP contribution in [0.5, 0.6) is 0 Å². The van der Waals surface area contributed by atoms with Gasteiger partial charge in [-0.25, -0.2) is 9.38 Å². The van der Waals surface area contributed by atoms with Crippen LogP contribution in [0.3, 0.4) is 0 Å². The molecule has 0 aromatic carbocycles. The van der Waals surface area contributed by atoms with Crippen molar-refractivity contribution in [3.63, 3.8) is 0 Å². The molecule has 1 saturated carbocycles. The molecule has 62 valence electrons. The van der Waals surface area contributed by atoms with E-state index in [1.54, 1.807) is 0 Å². The Hall–Kier alpha value is 0.210. The maximum Gasteiger partial charge on any atom is 0.101 e. The monoisotopic (exact) mass is 237 g/mol. The standard InChI is InChI=1S/C7H9BrFNS/c8-6-3-5(9)1-2-7(6)10-4-11/h5-7H,1-3H2. The van der Waals surface area contributed by atoms with Crippen molar-refractivity contribution in [2.45, 2.75) is 36.3 Å². The summed E-state index contributed by atoms with van der Waals surface area (Å²) in [6.45, 7) is 0. The van der Waals surface area contributed by atoms with Gasteiger partial charge in [-0.1, -0.05) is 15.9 Å². The number of isothiocyanates is 1. The molecule has 3 atom stereocenters. The largest absolute Gasteiger partial charge is 0.247 e. The lowest BCUT2D eigenvalue weighted by atomic mass is 9.94. The molecular formula is C7H9BrFNS. The Morgan fingerprint density at radius 2 is 2.27 bits per heavy atom. The number of thiocarbonyl (C=S) groups is 1. The van der Waals surface area contributed by atoms with Crippen LogP contribution >= 0.6 is 28.1 Å². The van der Waals surface area contributed by atoms with E-state index in [4.69, 9.17) is 0 Å². The van der Waals surface area contributed by atoms with Gasteiger partial charge in [0, 0.05) is 4.83 Å². The number of halogens is 2. The molecule has 0 aromatic heterocycles. The molecule has 11 heavy (non-hydrogen) atoms. The first-order chi connectivity index (χ1) is 5.24. The quantitative estimate of drug-likeness (QED) is 0.388. The molecule has 1 aliphatic carbocycles. The lowest BCUT2D eigenvalue weighted by molar-refractivity contribution is 0.244. The van der Waals surface area contributed by atoms with Crippen LogP contribution in [-0.4, -0.2) is 22.2 Å². The lowest BCUT2D eigenvalue weighted by Crippen LogP contribution is -2.28. The molecule has 0 bridgehead atoms. The van der Waals surface area contributed by atoms with Crippen molar-refractivity contribution in [1.82, 2.24) is 0 Å². The Balaban J connectivity index is 2.50. The van der Waals surface area contributed by atoms with Crippen LogP contribution in [0.2, 0.25) is 0 Å². The minimum atomic E-state index is -0.670. The Kier molecular flexibility index (Phi) is 3.63. The second-order valence-corrected chi connectivity index (χ2v) is 4.07. The summed E-state index contributed by atoms with van der Waals surface area (Å²) in [5.41, 5.74) is 0. The number of hydrogen-bond acceptors (Lipinski definition) is 2. The molecule has 1 aliphatic rings. The van der Waals surface area contributed by atoms with E-state index in [0.717, 1.165) is 6.42 Å². The molecule has 0 radical (unpaired) electrons.